The van der Waals surface area contributed by atoms with E-state index in [2.05, 4.69) is 5.32 Å². The van der Waals surface area contributed by atoms with Gasteiger partial charge in [0.05, 0.1) is 0 Å². The van der Waals surface area contributed by atoms with Crippen molar-refractivity contribution < 1.29 is 24.6 Å². The number of primary amides is 1. The molecule has 7 nitrogen and oxygen atoms in total. The molecule has 0 aliphatic carbocycles. The van der Waals surface area contributed by atoms with Crippen LogP contribution in [-0.4, -0.2) is 40.5 Å². The van der Waals surface area contributed by atoms with Crippen LogP contribution in [0.5, 0.6) is 0 Å². The summed E-state index contributed by atoms with van der Waals surface area (Å²) in [6.45, 7) is 0. The van der Waals surface area contributed by atoms with Gasteiger partial charge in [-0.05, 0) is 0 Å². The molecule has 0 aromatic heterocycles. The number of rotatable bonds is 8. The number of urea groups is 1. The molecule has 3 rings (SSSR count). The fraction of sp³-hybridized carbons (Fsp3) is 0. The summed E-state index contributed by atoms with van der Waals surface area (Å²) in [5, 5.41) is 21.6. The Morgan fingerprint density at radius 3 is 1.61 bits per heavy atom. The SMILES string of the molecule is NC(=O)Nc1ccc([As](Sc2ccccc2C(=O)O)Sc2ccccc2C(=O)O)cc1. The summed E-state index contributed by atoms with van der Waals surface area (Å²) in [4.78, 5) is 35.6. The van der Waals surface area contributed by atoms with Gasteiger partial charge >= 0.3 is 190 Å². The summed E-state index contributed by atoms with van der Waals surface area (Å²) in [7, 11) is 2.91. The third kappa shape index (κ3) is 6.07. The molecule has 2 amide bonds. The second kappa shape index (κ2) is 10.4. The van der Waals surface area contributed by atoms with Crippen molar-refractivity contribution in [1.29, 1.82) is 0 Å². The van der Waals surface area contributed by atoms with E-state index in [0.717, 1.165) is 4.35 Å². The molecule has 3 aromatic rings. The quantitative estimate of drug-likeness (QED) is 0.335. The zero-order valence-corrected chi connectivity index (χ0v) is 19.4. The van der Waals surface area contributed by atoms with E-state index in [-0.39, 0.29) is 11.1 Å². The summed E-state index contributed by atoms with van der Waals surface area (Å²) >= 11 is -2.16. The van der Waals surface area contributed by atoms with Crippen molar-refractivity contribution in [2.45, 2.75) is 9.79 Å². The normalized spacial score (nSPS) is 10.6. The maximum atomic E-state index is 11.7. The number of hydrogen-bond donors (Lipinski definition) is 4. The van der Waals surface area contributed by atoms with E-state index in [1.54, 1.807) is 60.7 Å². The topological polar surface area (TPSA) is 130 Å². The molecular weight excluding hydrogens is 499 g/mol. The van der Waals surface area contributed by atoms with Gasteiger partial charge in [0.15, 0.2) is 0 Å². The van der Waals surface area contributed by atoms with Crippen molar-refractivity contribution in [3.05, 3.63) is 83.9 Å². The number of amides is 2. The number of nitrogens with one attached hydrogen (secondary N) is 1. The maximum absolute atomic E-state index is 11.7. The van der Waals surface area contributed by atoms with Crippen molar-refractivity contribution in [3.8, 4) is 0 Å². The fourth-order valence-corrected chi connectivity index (χ4v) is 14.9. The van der Waals surface area contributed by atoms with E-state index in [1.807, 2.05) is 12.1 Å². The number of carboxylic acid groups (broad SMARTS) is 2. The minimum atomic E-state index is -2.16. The van der Waals surface area contributed by atoms with Gasteiger partial charge in [-0.25, -0.2) is 0 Å². The van der Waals surface area contributed by atoms with Crippen LogP contribution in [0.2, 0.25) is 0 Å². The predicted molar refractivity (Wildman–Crippen MR) is 124 cm³/mol. The van der Waals surface area contributed by atoms with Gasteiger partial charge in [-0.2, -0.15) is 0 Å². The van der Waals surface area contributed by atoms with Gasteiger partial charge in [-0.1, -0.05) is 0 Å². The number of benzene rings is 3. The molecule has 0 aliphatic heterocycles. The Balaban J connectivity index is 1.99. The molecule has 0 saturated carbocycles. The number of carbonyl (C=O) groups excluding carboxylic acids is 1. The molecule has 0 unspecified atom stereocenters. The van der Waals surface area contributed by atoms with Crippen LogP contribution in [0, 0.1) is 0 Å². The average Bonchev–Trinajstić information content (AvgIpc) is 2.74. The summed E-state index contributed by atoms with van der Waals surface area (Å²) in [6, 6.07) is 19.9. The first-order valence-electron chi connectivity index (χ1n) is 8.82. The van der Waals surface area contributed by atoms with E-state index in [9.17, 15) is 24.6 Å². The third-order valence-corrected chi connectivity index (χ3v) is 16.0. The molecular formula is C21H17AsN2O5S2. The van der Waals surface area contributed by atoms with Crippen LogP contribution in [0.1, 0.15) is 20.7 Å². The zero-order valence-electron chi connectivity index (χ0n) is 15.9. The molecule has 3 aromatic carbocycles. The molecule has 5 N–H and O–H groups in total. The van der Waals surface area contributed by atoms with Crippen molar-refractivity contribution in [2.75, 3.05) is 5.32 Å². The Kier molecular flexibility index (Phi) is 7.68. The van der Waals surface area contributed by atoms with Gasteiger partial charge in [-0.15, -0.1) is 0 Å². The minimum absolute atomic E-state index is 0.200. The Bertz CT molecular complexity index is 1070. The van der Waals surface area contributed by atoms with Crippen molar-refractivity contribution in [2.24, 2.45) is 5.73 Å². The first-order valence-corrected chi connectivity index (χ1v) is 15.9. The first kappa shape index (κ1) is 22.8. The van der Waals surface area contributed by atoms with Gasteiger partial charge in [0.1, 0.15) is 0 Å². The Labute approximate surface area is 189 Å². The summed E-state index contributed by atoms with van der Waals surface area (Å²) in [5.41, 5.74) is 6.10. The van der Waals surface area contributed by atoms with E-state index in [0.29, 0.717) is 15.5 Å². The molecule has 0 fully saturated rings. The number of carboxylic acids is 2. The van der Waals surface area contributed by atoms with Gasteiger partial charge in [0, 0.05) is 0 Å². The van der Waals surface area contributed by atoms with Crippen LogP contribution < -0.4 is 15.4 Å². The molecule has 0 saturated heterocycles. The number of nitrogens with two attached hydrogens (primary N) is 1. The Hall–Kier alpha value is -2.87. The third-order valence-electron chi connectivity index (χ3n) is 3.94. The first-order chi connectivity index (χ1) is 14.8. The molecule has 0 aliphatic rings. The van der Waals surface area contributed by atoms with E-state index < -0.39 is 30.3 Å². The molecule has 0 heterocycles. The van der Waals surface area contributed by atoms with Gasteiger partial charge in [0.25, 0.3) is 0 Å². The molecule has 158 valence electrons. The number of carbonyl (C=O) groups is 3. The molecule has 10 heteroatoms. The van der Waals surface area contributed by atoms with Crippen molar-refractivity contribution in [1.82, 2.24) is 0 Å². The standard InChI is InChI=1S/C21H17AsN2O5S2/c23-21(29)24-14-11-9-13(10-12-14)22(30-17-7-3-1-5-15(17)19(25)26)31-18-8-4-2-6-16(18)20(27)28/h1-12H,(H,25,26)(H,27,28)(H3,23,24,29). The van der Waals surface area contributed by atoms with Crippen LogP contribution >= 0.6 is 20.0 Å². The number of aromatic carboxylic acids is 2. The summed E-state index contributed by atoms with van der Waals surface area (Å²) in [6.07, 6.45) is 0. The Morgan fingerprint density at radius 1 is 0.742 bits per heavy atom. The molecule has 0 radical (unpaired) electrons. The molecule has 0 spiro atoms. The van der Waals surface area contributed by atoms with Crippen LogP contribution in [0.4, 0.5) is 10.5 Å². The van der Waals surface area contributed by atoms with Crippen molar-refractivity contribution >= 4 is 60.4 Å². The van der Waals surface area contributed by atoms with E-state index >= 15 is 0 Å². The van der Waals surface area contributed by atoms with E-state index in [1.165, 1.54) is 20.0 Å². The molecule has 31 heavy (non-hydrogen) atoms. The van der Waals surface area contributed by atoms with Crippen LogP contribution in [0.3, 0.4) is 0 Å². The fourth-order valence-electron chi connectivity index (χ4n) is 2.56. The summed E-state index contributed by atoms with van der Waals surface area (Å²) < 4.78 is 0.956. The van der Waals surface area contributed by atoms with Crippen LogP contribution in [0.15, 0.2) is 82.6 Å². The average molecular weight is 516 g/mol. The van der Waals surface area contributed by atoms with Gasteiger partial charge < -0.3 is 0 Å². The van der Waals surface area contributed by atoms with Crippen LogP contribution in [-0.2, 0) is 0 Å². The van der Waals surface area contributed by atoms with Gasteiger partial charge in [-0.3, -0.25) is 0 Å². The Morgan fingerprint density at radius 2 is 1.19 bits per heavy atom. The predicted octanol–water partition coefficient (Wildman–Crippen LogP) is 3.85. The molecule has 0 atom stereocenters. The van der Waals surface area contributed by atoms with Crippen LogP contribution in [0.25, 0.3) is 0 Å². The summed E-state index contributed by atoms with van der Waals surface area (Å²) in [5.74, 6) is -2.04. The second-order valence-electron chi connectivity index (χ2n) is 6.08. The van der Waals surface area contributed by atoms with Gasteiger partial charge in [0.2, 0.25) is 0 Å². The molecule has 0 bridgehead atoms. The second-order valence-corrected chi connectivity index (χ2v) is 16.8. The van der Waals surface area contributed by atoms with Crippen molar-refractivity contribution in [3.63, 3.8) is 0 Å². The monoisotopic (exact) mass is 516 g/mol. The number of anilines is 1. The van der Waals surface area contributed by atoms with E-state index in [4.69, 9.17) is 5.73 Å². The zero-order chi connectivity index (χ0) is 22.4. The number of hydrogen-bond acceptors (Lipinski definition) is 5.